The van der Waals surface area contributed by atoms with Gasteiger partial charge in [-0.3, -0.25) is 9.78 Å². The molecule has 1 N–H and O–H groups in total. The number of carbonyl (C=O) groups excluding carboxylic acids is 2. The number of hydrogen-bond acceptors (Lipinski definition) is 7. The van der Waals surface area contributed by atoms with Crippen LogP contribution in [0.2, 0.25) is 5.02 Å². The monoisotopic (exact) mass is 465 g/mol. The van der Waals surface area contributed by atoms with Crippen molar-refractivity contribution in [3.05, 3.63) is 88.0 Å². The van der Waals surface area contributed by atoms with Crippen LogP contribution in [0.15, 0.2) is 72.1 Å². The fourth-order valence-corrected chi connectivity index (χ4v) is 4.26. The van der Waals surface area contributed by atoms with E-state index >= 15 is 0 Å². The van der Waals surface area contributed by atoms with Gasteiger partial charge in [-0.2, -0.15) is 5.10 Å². The van der Waals surface area contributed by atoms with Crippen LogP contribution in [-0.2, 0) is 0 Å². The highest BCUT2D eigenvalue weighted by molar-refractivity contribution is 7.21. The minimum absolute atomic E-state index is 0.240. The molecule has 0 fully saturated rings. The molecule has 0 aliphatic heterocycles. The number of carbonyl (C=O) groups is 2. The number of halogens is 1. The van der Waals surface area contributed by atoms with E-state index in [-0.39, 0.29) is 11.7 Å². The molecular weight excluding hydrogens is 450 g/mol. The molecule has 0 bridgehead atoms. The normalized spacial score (nSPS) is 10.9. The van der Waals surface area contributed by atoms with Gasteiger partial charge in [-0.25, -0.2) is 10.2 Å². The quantitative estimate of drug-likeness (QED) is 0.188. The Labute approximate surface area is 192 Å². The minimum atomic E-state index is -0.569. The van der Waals surface area contributed by atoms with Gasteiger partial charge in [0.05, 0.1) is 18.3 Å². The molecule has 7 nitrogen and oxygen atoms in total. The maximum absolute atomic E-state index is 12.7. The van der Waals surface area contributed by atoms with Crippen molar-refractivity contribution in [3.63, 3.8) is 0 Å². The zero-order valence-electron chi connectivity index (χ0n) is 16.7. The second-order valence-corrected chi connectivity index (χ2v) is 7.91. The summed E-state index contributed by atoms with van der Waals surface area (Å²) in [5.41, 5.74) is 3.51. The molecule has 1 amide bonds. The number of fused-ring (bicyclic) bond motifs is 1. The van der Waals surface area contributed by atoms with E-state index in [1.165, 1.54) is 37.1 Å². The number of esters is 1. The van der Waals surface area contributed by atoms with Crippen molar-refractivity contribution in [2.45, 2.75) is 0 Å². The Kier molecular flexibility index (Phi) is 6.44. The van der Waals surface area contributed by atoms with Crippen molar-refractivity contribution in [3.8, 4) is 11.5 Å². The molecule has 0 saturated carbocycles. The molecule has 0 saturated heterocycles. The fourth-order valence-electron chi connectivity index (χ4n) is 2.87. The molecule has 0 aliphatic rings. The Morgan fingerprint density at radius 3 is 2.62 bits per heavy atom. The highest BCUT2D eigenvalue weighted by atomic mass is 35.5. The predicted octanol–water partition coefficient (Wildman–Crippen LogP) is 4.94. The molecule has 4 rings (SSSR count). The van der Waals surface area contributed by atoms with Crippen LogP contribution in [0.5, 0.6) is 11.5 Å². The first-order valence-corrected chi connectivity index (χ1v) is 10.6. The molecule has 2 aromatic heterocycles. The van der Waals surface area contributed by atoms with E-state index in [2.05, 4.69) is 15.5 Å². The molecule has 0 aliphatic carbocycles. The minimum Gasteiger partial charge on any atom is -0.493 e. The van der Waals surface area contributed by atoms with Gasteiger partial charge in [0, 0.05) is 28.0 Å². The zero-order chi connectivity index (χ0) is 22.5. The molecule has 160 valence electrons. The standard InChI is InChI=1S/C23H16ClN3O4S/c1-30-18-12-14(13-26-27-22(28)15-8-10-25-11-9-15)6-7-17(18)31-23(29)21-20(24)16-4-2-3-5-19(16)32-21/h2-13H,1H3,(H,27,28)/b26-13-. The largest absolute Gasteiger partial charge is 0.493 e. The SMILES string of the molecule is COc1cc(/C=N\NC(=O)c2ccncc2)ccc1OC(=O)c1sc2ccccc2c1Cl. The van der Waals surface area contributed by atoms with Gasteiger partial charge < -0.3 is 9.47 Å². The number of amides is 1. The smallest absolute Gasteiger partial charge is 0.355 e. The average Bonchev–Trinajstić information content (AvgIpc) is 3.17. The number of rotatable bonds is 6. The summed E-state index contributed by atoms with van der Waals surface area (Å²) in [4.78, 5) is 28.9. The molecule has 0 spiro atoms. The lowest BCUT2D eigenvalue weighted by atomic mass is 10.2. The number of hydrogen-bond donors (Lipinski definition) is 1. The number of methoxy groups -OCH3 is 1. The number of nitrogens with zero attached hydrogens (tertiary/aromatic N) is 2. The van der Waals surface area contributed by atoms with Crippen LogP contribution in [0.1, 0.15) is 25.6 Å². The highest BCUT2D eigenvalue weighted by Crippen LogP contribution is 2.36. The van der Waals surface area contributed by atoms with E-state index in [4.69, 9.17) is 21.1 Å². The molecule has 2 heterocycles. The van der Waals surface area contributed by atoms with Crippen LogP contribution >= 0.6 is 22.9 Å². The molecular formula is C23H16ClN3O4S. The Bertz CT molecular complexity index is 1320. The molecule has 9 heteroatoms. The first kappa shape index (κ1) is 21.5. The average molecular weight is 466 g/mol. The van der Waals surface area contributed by atoms with Crippen molar-refractivity contribution in [1.82, 2.24) is 10.4 Å². The van der Waals surface area contributed by atoms with Crippen molar-refractivity contribution >= 4 is 51.1 Å². The third-order valence-electron chi connectivity index (χ3n) is 4.43. The van der Waals surface area contributed by atoms with Gasteiger partial charge in [-0.1, -0.05) is 29.8 Å². The van der Waals surface area contributed by atoms with E-state index in [1.54, 1.807) is 30.3 Å². The number of benzene rings is 2. The number of aromatic nitrogens is 1. The molecule has 4 aromatic rings. The number of ether oxygens (including phenoxy) is 2. The third-order valence-corrected chi connectivity index (χ3v) is 6.09. The summed E-state index contributed by atoms with van der Waals surface area (Å²) >= 11 is 7.63. The van der Waals surface area contributed by atoms with Crippen LogP contribution in [-0.4, -0.2) is 30.2 Å². The van der Waals surface area contributed by atoms with Gasteiger partial charge >= 0.3 is 5.97 Å². The first-order chi connectivity index (χ1) is 15.6. The lowest BCUT2D eigenvalue weighted by Crippen LogP contribution is -2.17. The Balaban J connectivity index is 1.47. The van der Waals surface area contributed by atoms with Crippen LogP contribution in [0, 0.1) is 0 Å². The predicted molar refractivity (Wildman–Crippen MR) is 124 cm³/mol. The molecule has 0 atom stereocenters. The number of nitrogens with one attached hydrogen (secondary N) is 1. The maximum atomic E-state index is 12.7. The second kappa shape index (κ2) is 9.59. The topological polar surface area (TPSA) is 89.9 Å². The van der Waals surface area contributed by atoms with E-state index in [9.17, 15) is 9.59 Å². The zero-order valence-corrected chi connectivity index (χ0v) is 18.3. The van der Waals surface area contributed by atoms with Crippen LogP contribution in [0.3, 0.4) is 0 Å². The maximum Gasteiger partial charge on any atom is 0.355 e. The number of thiophene rings is 1. The summed E-state index contributed by atoms with van der Waals surface area (Å²) in [6.07, 6.45) is 4.50. The van der Waals surface area contributed by atoms with Gasteiger partial charge in [0.15, 0.2) is 11.5 Å². The number of hydrazone groups is 1. The summed E-state index contributed by atoms with van der Waals surface area (Å²) in [6, 6.07) is 15.6. The van der Waals surface area contributed by atoms with Crippen LogP contribution in [0.25, 0.3) is 10.1 Å². The molecule has 0 unspecified atom stereocenters. The Morgan fingerprint density at radius 1 is 1.09 bits per heavy atom. The lowest BCUT2D eigenvalue weighted by Gasteiger charge is -2.09. The lowest BCUT2D eigenvalue weighted by molar-refractivity contribution is 0.0734. The van der Waals surface area contributed by atoms with Gasteiger partial charge in [-0.05, 0) is 42.0 Å². The van der Waals surface area contributed by atoms with E-state index in [0.29, 0.717) is 26.8 Å². The fraction of sp³-hybridized carbons (Fsp3) is 0.0435. The van der Waals surface area contributed by atoms with Crippen LogP contribution < -0.4 is 14.9 Å². The third kappa shape index (κ3) is 4.61. The van der Waals surface area contributed by atoms with Crippen molar-refractivity contribution < 1.29 is 19.1 Å². The Hall–Kier alpha value is -3.75. The Morgan fingerprint density at radius 2 is 1.88 bits per heavy atom. The van der Waals surface area contributed by atoms with E-state index in [0.717, 1.165) is 10.1 Å². The van der Waals surface area contributed by atoms with Gasteiger partial charge in [0.25, 0.3) is 5.91 Å². The van der Waals surface area contributed by atoms with Crippen molar-refractivity contribution in [2.24, 2.45) is 5.10 Å². The van der Waals surface area contributed by atoms with E-state index in [1.807, 2.05) is 24.3 Å². The summed E-state index contributed by atoms with van der Waals surface area (Å²) in [6.45, 7) is 0. The second-order valence-electron chi connectivity index (χ2n) is 6.48. The number of pyridine rings is 1. The van der Waals surface area contributed by atoms with Crippen LogP contribution in [0.4, 0.5) is 0 Å². The highest BCUT2D eigenvalue weighted by Gasteiger charge is 2.20. The van der Waals surface area contributed by atoms with Gasteiger partial charge in [0.1, 0.15) is 4.88 Å². The van der Waals surface area contributed by atoms with Crippen molar-refractivity contribution in [2.75, 3.05) is 7.11 Å². The van der Waals surface area contributed by atoms with Gasteiger partial charge in [0.2, 0.25) is 0 Å². The molecule has 32 heavy (non-hydrogen) atoms. The van der Waals surface area contributed by atoms with Crippen molar-refractivity contribution in [1.29, 1.82) is 0 Å². The first-order valence-electron chi connectivity index (χ1n) is 9.37. The molecule has 0 radical (unpaired) electrons. The summed E-state index contributed by atoms with van der Waals surface area (Å²) < 4.78 is 11.8. The summed E-state index contributed by atoms with van der Waals surface area (Å²) in [7, 11) is 1.46. The van der Waals surface area contributed by atoms with Gasteiger partial charge in [-0.15, -0.1) is 11.3 Å². The van der Waals surface area contributed by atoms with E-state index < -0.39 is 5.97 Å². The molecule has 2 aromatic carbocycles. The summed E-state index contributed by atoms with van der Waals surface area (Å²) in [5.74, 6) is -0.356. The summed E-state index contributed by atoms with van der Waals surface area (Å²) in [5, 5.41) is 5.11.